The SMILES string of the molecule is O=C(C[C@@H]1CNCCO1)NCc1csc(Cc2ccccc2)n1. The maximum Gasteiger partial charge on any atom is 0.222 e. The molecule has 0 bridgehead atoms. The molecule has 2 heterocycles. The predicted octanol–water partition coefficient (Wildman–Crippen LogP) is 1.73. The lowest BCUT2D eigenvalue weighted by Crippen LogP contribution is -2.41. The molecule has 1 aliphatic rings. The van der Waals surface area contributed by atoms with Gasteiger partial charge >= 0.3 is 0 Å². The third-order valence-electron chi connectivity index (χ3n) is 3.68. The number of ether oxygens (including phenoxy) is 1. The Balaban J connectivity index is 1.44. The summed E-state index contributed by atoms with van der Waals surface area (Å²) in [6.45, 7) is 2.75. The van der Waals surface area contributed by atoms with Gasteiger partial charge in [0.1, 0.15) is 0 Å². The van der Waals surface area contributed by atoms with Gasteiger partial charge in [0.15, 0.2) is 0 Å². The van der Waals surface area contributed by atoms with Gasteiger partial charge in [-0.1, -0.05) is 30.3 Å². The fourth-order valence-electron chi connectivity index (χ4n) is 2.50. The maximum absolute atomic E-state index is 11.9. The highest BCUT2D eigenvalue weighted by molar-refractivity contribution is 7.09. The van der Waals surface area contributed by atoms with Gasteiger partial charge < -0.3 is 15.4 Å². The van der Waals surface area contributed by atoms with Gasteiger partial charge in [0.25, 0.3) is 0 Å². The fourth-order valence-corrected chi connectivity index (χ4v) is 3.33. The fraction of sp³-hybridized carbons (Fsp3) is 0.412. The molecule has 1 atom stereocenters. The number of nitrogens with zero attached hydrogens (tertiary/aromatic N) is 1. The first-order chi connectivity index (χ1) is 11.3. The molecule has 0 radical (unpaired) electrons. The molecule has 2 N–H and O–H groups in total. The largest absolute Gasteiger partial charge is 0.375 e. The van der Waals surface area contributed by atoms with Gasteiger partial charge in [-0.2, -0.15) is 0 Å². The lowest BCUT2D eigenvalue weighted by atomic mass is 10.2. The highest BCUT2D eigenvalue weighted by Gasteiger charge is 2.17. The molecule has 1 aromatic carbocycles. The van der Waals surface area contributed by atoms with E-state index in [0.29, 0.717) is 19.6 Å². The normalized spacial score (nSPS) is 17.8. The van der Waals surface area contributed by atoms with Crippen molar-refractivity contribution in [1.82, 2.24) is 15.6 Å². The average molecular weight is 331 g/mol. The number of benzene rings is 1. The van der Waals surface area contributed by atoms with Crippen LogP contribution in [0.4, 0.5) is 0 Å². The maximum atomic E-state index is 11.9. The minimum absolute atomic E-state index is 0.0105. The first-order valence-corrected chi connectivity index (χ1v) is 8.74. The first-order valence-electron chi connectivity index (χ1n) is 7.86. The third kappa shape index (κ3) is 5.13. The van der Waals surface area contributed by atoms with Crippen LogP contribution in [0.1, 0.15) is 22.7 Å². The van der Waals surface area contributed by atoms with Crippen LogP contribution >= 0.6 is 11.3 Å². The Hall–Kier alpha value is -1.76. The minimum Gasteiger partial charge on any atom is -0.375 e. The molecule has 1 aliphatic heterocycles. The summed E-state index contributed by atoms with van der Waals surface area (Å²) in [5.74, 6) is 0.0105. The van der Waals surface area contributed by atoms with Gasteiger partial charge in [-0.15, -0.1) is 11.3 Å². The summed E-state index contributed by atoms with van der Waals surface area (Å²) >= 11 is 1.63. The Morgan fingerprint density at radius 2 is 2.26 bits per heavy atom. The van der Waals surface area contributed by atoms with Gasteiger partial charge in [0, 0.05) is 24.9 Å². The zero-order valence-corrected chi connectivity index (χ0v) is 13.8. The molecule has 1 aromatic heterocycles. The van der Waals surface area contributed by atoms with E-state index in [0.717, 1.165) is 30.2 Å². The molecular formula is C17H21N3O2S. The van der Waals surface area contributed by atoms with Crippen LogP contribution in [0.3, 0.4) is 0 Å². The van der Waals surface area contributed by atoms with Crippen molar-refractivity contribution < 1.29 is 9.53 Å². The van der Waals surface area contributed by atoms with Crippen LogP contribution in [-0.2, 0) is 22.5 Å². The topological polar surface area (TPSA) is 63.2 Å². The van der Waals surface area contributed by atoms with Crippen molar-refractivity contribution in [2.45, 2.75) is 25.5 Å². The number of hydrogen-bond donors (Lipinski definition) is 2. The summed E-state index contributed by atoms with van der Waals surface area (Å²) < 4.78 is 5.53. The second-order valence-electron chi connectivity index (χ2n) is 5.57. The molecule has 3 rings (SSSR count). The van der Waals surface area contributed by atoms with Crippen LogP contribution in [0.2, 0.25) is 0 Å². The Morgan fingerprint density at radius 1 is 1.39 bits per heavy atom. The lowest BCUT2D eigenvalue weighted by molar-refractivity contribution is -0.124. The standard InChI is InChI=1S/C17H21N3O2S/c21-16(9-15-11-18-6-7-22-15)19-10-14-12-23-17(20-14)8-13-4-2-1-3-5-13/h1-5,12,15,18H,6-11H2,(H,19,21)/t15-/m1/s1. The van der Waals surface area contributed by atoms with Gasteiger partial charge in [0.2, 0.25) is 5.91 Å². The molecule has 1 amide bonds. The van der Waals surface area contributed by atoms with Crippen molar-refractivity contribution in [2.24, 2.45) is 0 Å². The van der Waals surface area contributed by atoms with Gasteiger partial charge in [-0.05, 0) is 5.56 Å². The molecule has 122 valence electrons. The number of thiazole rings is 1. The van der Waals surface area contributed by atoms with E-state index in [-0.39, 0.29) is 12.0 Å². The van der Waals surface area contributed by atoms with Crippen LogP contribution in [0.15, 0.2) is 35.7 Å². The summed E-state index contributed by atoms with van der Waals surface area (Å²) in [5, 5.41) is 9.23. The van der Waals surface area contributed by atoms with E-state index < -0.39 is 0 Å². The van der Waals surface area contributed by atoms with E-state index in [1.54, 1.807) is 11.3 Å². The number of carbonyl (C=O) groups excluding carboxylic acids is 1. The molecule has 1 fully saturated rings. The quantitative estimate of drug-likeness (QED) is 0.846. The predicted molar refractivity (Wildman–Crippen MR) is 90.4 cm³/mol. The molecule has 0 saturated carbocycles. The summed E-state index contributed by atoms with van der Waals surface area (Å²) in [7, 11) is 0. The van der Waals surface area contributed by atoms with Crippen LogP contribution < -0.4 is 10.6 Å². The molecule has 0 unspecified atom stereocenters. The van der Waals surface area contributed by atoms with E-state index in [4.69, 9.17) is 4.74 Å². The van der Waals surface area contributed by atoms with Gasteiger partial charge in [-0.25, -0.2) is 4.98 Å². The first kappa shape index (κ1) is 16.1. The van der Waals surface area contributed by atoms with E-state index >= 15 is 0 Å². The molecule has 6 heteroatoms. The van der Waals surface area contributed by atoms with Crippen LogP contribution in [0.5, 0.6) is 0 Å². The smallest absolute Gasteiger partial charge is 0.222 e. The molecular weight excluding hydrogens is 310 g/mol. The number of carbonyl (C=O) groups is 1. The third-order valence-corrected chi connectivity index (χ3v) is 4.58. The summed E-state index contributed by atoms with van der Waals surface area (Å²) in [5.41, 5.74) is 2.16. The number of rotatable bonds is 6. The molecule has 23 heavy (non-hydrogen) atoms. The van der Waals surface area contributed by atoms with Crippen molar-refractivity contribution in [1.29, 1.82) is 0 Å². The summed E-state index contributed by atoms with van der Waals surface area (Å²) in [6, 6.07) is 10.3. The Kier molecular flexibility index (Phi) is 5.74. The highest BCUT2D eigenvalue weighted by Crippen LogP contribution is 2.14. The second kappa shape index (κ2) is 8.19. The molecule has 1 saturated heterocycles. The zero-order valence-electron chi connectivity index (χ0n) is 13.0. The molecule has 2 aromatic rings. The van der Waals surface area contributed by atoms with Crippen molar-refractivity contribution in [3.8, 4) is 0 Å². The molecule has 5 nitrogen and oxygen atoms in total. The zero-order chi connectivity index (χ0) is 15.9. The summed E-state index contributed by atoms with van der Waals surface area (Å²) in [4.78, 5) is 16.5. The van der Waals surface area contributed by atoms with E-state index in [2.05, 4.69) is 27.8 Å². The number of morpholine rings is 1. The van der Waals surface area contributed by atoms with Crippen molar-refractivity contribution in [2.75, 3.05) is 19.7 Å². The minimum atomic E-state index is -0.0205. The monoisotopic (exact) mass is 331 g/mol. The van der Waals surface area contributed by atoms with Crippen LogP contribution in [0, 0.1) is 0 Å². The number of hydrogen-bond acceptors (Lipinski definition) is 5. The van der Waals surface area contributed by atoms with Crippen molar-refractivity contribution in [3.63, 3.8) is 0 Å². The van der Waals surface area contributed by atoms with Crippen molar-refractivity contribution >= 4 is 17.2 Å². The van der Waals surface area contributed by atoms with Crippen molar-refractivity contribution in [3.05, 3.63) is 52.0 Å². The Labute approximate surface area is 140 Å². The van der Waals surface area contributed by atoms with E-state index in [1.165, 1.54) is 5.56 Å². The number of amides is 1. The molecule has 0 spiro atoms. The summed E-state index contributed by atoms with van der Waals surface area (Å²) in [6.07, 6.45) is 1.21. The highest BCUT2D eigenvalue weighted by atomic mass is 32.1. The van der Waals surface area contributed by atoms with E-state index in [9.17, 15) is 4.79 Å². The van der Waals surface area contributed by atoms with Crippen LogP contribution in [-0.4, -0.2) is 36.7 Å². The van der Waals surface area contributed by atoms with Gasteiger partial charge in [0.05, 0.1) is 36.4 Å². The Bertz CT molecular complexity index is 624. The average Bonchev–Trinajstić information content (AvgIpc) is 3.02. The second-order valence-corrected chi connectivity index (χ2v) is 6.52. The van der Waals surface area contributed by atoms with E-state index in [1.807, 2.05) is 23.6 Å². The number of nitrogens with one attached hydrogen (secondary N) is 2. The lowest BCUT2D eigenvalue weighted by Gasteiger charge is -2.22. The van der Waals surface area contributed by atoms with Gasteiger partial charge in [-0.3, -0.25) is 4.79 Å². The van der Waals surface area contributed by atoms with Crippen LogP contribution in [0.25, 0.3) is 0 Å². The Morgan fingerprint density at radius 3 is 3.04 bits per heavy atom. The number of aromatic nitrogens is 1. The molecule has 0 aliphatic carbocycles.